The van der Waals surface area contributed by atoms with Gasteiger partial charge in [0.1, 0.15) is 5.82 Å². The summed E-state index contributed by atoms with van der Waals surface area (Å²) in [4.78, 5) is 0. The molecule has 0 aromatic heterocycles. The van der Waals surface area contributed by atoms with Crippen LogP contribution in [-0.2, 0) is 11.3 Å². The van der Waals surface area contributed by atoms with Gasteiger partial charge in [0.15, 0.2) is 0 Å². The van der Waals surface area contributed by atoms with E-state index < -0.39 is 36.4 Å². The first kappa shape index (κ1) is 16.2. The van der Waals surface area contributed by atoms with Gasteiger partial charge < -0.3 is 4.74 Å². The third-order valence-corrected chi connectivity index (χ3v) is 2.17. The molecule has 0 fully saturated rings. The standard InChI is InChI=1S/C11H6F7NO/c12-8-2-1-6(4-19)3-7(8)5-20-9(10(13,14)15)11(16,17)18/h1-3,9H,5H2. The van der Waals surface area contributed by atoms with Crippen molar-refractivity contribution in [3.63, 3.8) is 0 Å². The third kappa shape index (κ3) is 4.09. The molecule has 0 saturated carbocycles. The van der Waals surface area contributed by atoms with Gasteiger partial charge >= 0.3 is 12.4 Å². The maximum absolute atomic E-state index is 13.2. The molecule has 0 unspecified atom stereocenters. The minimum atomic E-state index is -5.67. The Morgan fingerprint density at radius 1 is 1.10 bits per heavy atom. The molecular weight excluding hydrogens is 295 g/mol. The van der Waals surface area contributed by atoms with Gasteiger partial charge in [-0.05, 0) is 18.2 Å². The molecule has 1 rings (SSSR count). The molecule has 0 aliphatic rings. The average Bonchev–Trinajstić information content (AvgIpc) is 2.28. The number of ether oxygens (including phenoxy) is 1. The van der Waals surface area contributed by atoms with E-state index in [0.29, 0.717) is 0 Å². The lowest BCUT2D eigenvalue weighted by molar-refractivity contribution is -0.324. The molecule has 0 radical (unpaired) electrons. The second-order valence-electron chi connectivity index (χ2n) is 3.69. The summed E-state index contributed by atoms with van der Waals surface area (Å²) in [5.41, 5.74) is -0.678. The number of rotatable bonds is 3. The Bertz CT molecular complexity index is 501. The number of halogens is 7. The molecule has 1 aromatic rings. The lowest BCUT2D eigenvalue weighted by atomic mass is 10.1. The average molecular weight is 301 g/mol. The number of hydrogen-bond acceptors (Lipinski definition) is 2. The van der Waals surface area contributed by atoms with Gasteiger partial charge in [-0.2, -0.15) is 31.6 Å². The van der Waals surface area contributed by atoms with Crippen LogP contribution in [0.15, 0.2) is 18.2 Å². The second kappa shape index (κ2) is 5.66. The van der Waals surface area contributed by atoms with Crippen LogP contribution < -0.4 is 0 Å². The van der Waals surface area contributed by atoms with Gasteiger partial charge in [-0.25, -0.2) is 4.39 Å². The highest BCUT2D eigenvalue weighted by molar-refractivity contribution is 5.33. The van der Waals surface area contributed by atoms with Crippen LogP contribution in [0.5, 0.6) is 0 Å². The molecule has 9 heteroatoms. The summed E-state index contributed by atoms with van der Waals surface area (Å²) in [6, 6.07) is 4.18. The highest BCUT2D eigenvalue weighted by Crippen LogP contribution is 2.36. The van der Waals surface area contributed by atoms with Crippen LogP contribution >= 0.6 is 0 Å². The van der Waals surface area contributed by atoms with E-state index >= 15 is 0 Å². The highest BCUT2D eigenvalue weighted by atomic mass is 19.4. The van der Waals surface area contributed by atoms with Crippen molar-refractivity contribution >= 4 is 0 Å². The molecule has 2 nitrogen and oxygen atoms in total. The fraction of sp³-hybridized carbons (Fsp3) is 0.364. The molecule has 110 valence electrons. The van der Waals surface area contributed by atoms with E-state index in [1.807, 2.05) is 0 Å². The molecule has 0 saturated heterocycles. The molecule has 0 aliphatic carbocycles. The molecule has 0 heterocycles. The van der Waals surface area contributed by atoms with E-state index in [-0.39, 0.29) is 5.56 Å². The molecule has 0 bridgehead atoms. The number of alkyl halides is 6. The molecule has 0 amide bonds. The van der Waals surface area contributed by atoms with Crippen molar-refractivity contribution in [3.05, 3.63) is 35.1 Å². The zero-order chi connectivity index (χ0) is 15.6. The van der Waals surface area contributed by atoms with Crippen LogP contribution in [0.3, 0.4) is 0 Å². The Hall–Kier alpha value is -1.82. The first-order chi connectivity index (χ1) is 9.05. The largest absolute Gasteiger partial charge is 0.423 e. The number of hydrogen-bond donors (Lipinski definition) is 0. The summed E-state index contributed by atoms with van der Waals surface area (Å²) in [6.45, 7) is -1.26. The normalized spacial score (nSPS) is 12.6. The van der Waals surface area contributed by atoms with Gasteiger partial charge in [0, 0.05) is 5.56 Å². The van der Waals surface area contributed by atoms with Crippen LogP contribution in [0.25, 0.3) is 0 Å². The minimum Gasteiger partial charge on any atom is -0.356 e. The Labute approximate surface area is 108 Å². The second-order valence-corrected chi connectivity index (χ2v) is 3.69. The minimum absolute atomic E-state index is 0.111. The summed E-state index contributed by atoms with van der Waals surface area (Å²) in [7, 11) is 0. The van der Waals surface area contributed by atoms with Gasteiger partial charge in [-0.15, -0.1) is 0 Å². The quantitative estimate of drug-likeness (QED) is 0.797. The molecule has 0 atom stereocenters. The van der Waals surface area contributed by atoms with E-state index in [2.05, 4.69) is 4.74 Å². The van der Waals surface area contributed by atoms with Crippen LogP contribution in [0.2, 0.25) is 0 Å². The fourth-order valence-corrected chi connectivity index (χ4v) is 1.30. The van der Waals surface area contributed by atoms with Crippen molar-refractivity contribution in [1.82, 2.24) is 0 Å². The predicted molar refractivity (Wildman–Crippen MR) is 51.8 cm³/mol. The summed E-state index contributed by atoms with van der Waals surface area (Å²) in [5, 5.41) is 8.52. The number of nitriles is 1. The Balaban J connectivity index is 2.92. The van der Waals surface area contributed by atoms with Gasteiger partial charge in [0.25, 0.3) is 0 Å². The monoisotopic (exact) mass is 301 g/mol. The molecule has 1 aromatic carbocycles. The maximum atomic E-state index is 13.2. The maximum Gasteiger partial charge on any atom is 0.423 e. The summed E-state index contributed by atoms with van der Waals surface area (Å²) in [6.07, 6.45) is -15.3. The molecule has 0 N–H and O–H groups in total. The number of nitrogens with zero attached hydrogens (tertiary/aromatic N) is 1. The summed E-state index contributed by atoms with van der Waals surface area (Å²) < 4.78 is 90.0. The summed E-state index contributed by atoms with van der Waals surface area (Å²) >= 11 is 0. The molecule has 0 spiro atoms. The zero-order valence-electron chi connectivity index (χ0n) is 9.52. The Morgan fingerprint density at radius 3 is 2.10 bits per heavy atom. The summed E-state index contributed by atoms with van der Waals surface area (Å²) in [5.74, 6) is -1.06. The van der Waals surface area contributed by atoms with E-state index in [0.717, 1.165) is 18.2 Å². The lowest BCUT2D eigenvalue weighted by Crippen LogP contribution is -2.44. The Morgan fingerprint density at radius 2 is 1.65 bits per heavy atom. The van der Waals surface area contributed by atoms with Crippen molar-refractivity contribution < 1.29 is 35.5 Å². The van der Waals surface area contributed by atoms with Crippen molar-refractivity contribution in [3.8, 4) is 6.07 Å². The van der Waals surface area contributed by atoms with Gasteiger partial charge in [0.05, 0.1) is 18.2 Å². The van der Waals surface area contributed by atoms with Gasteiger partial charge in [-0.3, -0.25) is 0 Å². The Kier molecular flexibility index (Phi) is 4.60. The number of benzene rings is 1. The highest BCUT2D eigenvalue weighted by Gasteiger charge is 2.57. The van der Waals surface area contributed by atoms with Crippen molar-refractivity contribution in [2.75, 3.05) is 0 Å². The van der Waals surface area contributed by atoms with Crippen LogP contribution in [0.1, 0.15) is 11.1 Å². The van der Waals surface area contributed by atoms with Gasteiger partial charge in [0.2, 0.25) is 6.10 Å². The van der Waals surface area contributed by atoms with Gasteiger partial charge in [-0.1, -0.05) is 0 Å². The first-order valence-electron chi connectivity index (χ1n) is 4.99. The van der Waals surface area contributed by atoms with Crippen LogP contribution in [0, 0.1) is 17.1 Å². The van der Waals surface area contributed by atoms with Crippen molar-refractivity contribution in [2.24, 2.45) is 0 Å². The van der Waals surface area contributed by atoms with E-state index in [4.69, 9.17) is 5.26 Å². The van der Waals surface area contributed by atoms with Crippen molar-refractivity contribution in [1.29, 1.82) is 5.26 Å². The smallest absolute Gasteiger partial charge is 0.356 e. The van der Waals surface area contributed by atoms with E-state index in [1.54, 1.807) is 6.07 Å². The van der Waals surface area contributed by atoms with Crippen LogP contribution in [-0.4, -0.2) is 18.5 Å². The van der Waals surface area contributed by atoms with E-state index in [9.17, 15) is 30.7 Å². The SMILES string of the molecule is N#Cc1ccc(F)c(COC(C(F)(F)F)C(F)(F)F)c1. The first-order valence-corrected chi connectivity index (χ1v) is 4.99. The molecular formula is C11H6F7NO. The van der Waals surface area contributed by atoms with Crippen molar-refractivity contribution in [2.45, 2.75) is 25.1 Å². The topological polar surface area (TPSA) is 33.0 Å². The molecule has 0 aliphatic heterocycles. The van der Waals surface area contributed by atoms with E-state index in [1.165, 1.54) is 0 Å². The fourth-order valence-electron chi connectivity index (χ4n) is 1.30. The zero-order valence-corrected chi connectivity index (χ0v) is 9.52. The lowest BCUT2D eigenvalue weighted by Gasteiger charge is -2.23. The molecule has 20 heavy (non-hydrogen) atoms. The third-order valence-electron chi connectivity index (χ3n) is 2.17. The van der Waals surface area contributed by atoms with Crippen LogP contribution in [0.4, 0.5) is 30.7 Å². The predicted octanol–water partition coefficient (Wildman–Crippen LogP) is 3.71.